The lowest BCUT2D eigenvalue weighted by Crippen LogP contribution is -2.19. The van der Waals surface area contributed by atoms with E-state index in [1.54, 1.807) is 0 Å². The SMILES string of the molecule is CCCCCCCCOC(=O)CC(O)CC(=O)O. The van der Waals surface area contributed by atoms with E-state index in [0.29, 0.717) is 6.61 Å². The maximum atomic E-state index is 11.2. The summed E-state index contributed by atoms with van der Waals surface area (Å²) in [6.45, 7) is 2.51. The summed E-state index contributed by atoms with van der Waals surface area (Å²) in [5, 5.41) is 17.6. The monoisotopic (exact) mass is 260 g/mol. The molecular weight excluding hydrogens is 236 g/mol. The molecule has 0 fully saturated rings. The van der Waals surface area contributed by atoms with Crippen molar-refractivity contribution in [2.75, 3.05) is 6.61 Å². The Balaban J connectivity index is 3.39. The molecule has 5 heteroatoms. The van der Waals surface area contributed by atoms with Gasteiger partial charge in [0.2, 0.25) is 0 Å². The summed E-state index contributed by atoms with van der Waals surface area (Å²) >= 11 is 0. The lowest BCUT2D eigenvalue weighted by molar-refractivity contribution is -0.147. The van der Waals surface area contributed by atoms with Crippen LogP contribution in [0.2, 0.25) is 0 Å². The van der Waals surface area contributed by atoms with Gasteiger partial charge in [0, 0.05) is 0 Å². The highest BCUT2D eigenvalue weighted by Gasteiger charge is 2.14. The van der Waals surface area contributed by atoms with Crippen LogP contribution in [0.1, 0.15) is 58.3 Å². The Labute approximate surface area is 108 Å². The molecule has 18 heavy (non-hydrogen) atoms. The number of hydrogen-bond donors (Lipinski definition) is 2. The molecule has 0 aromatic heterocycles. The standard InChI is InChI=1S/C13H24O5/c1-2-3-4-5-6-7-8-18-13(17)10-11(14)9-12(15)16/h11,14H,2-10H2,1H3,(H,15,16). The number of carboxylic acid groups (broad SMARTS) is 1. The minimum absolute atomic E-state index is 0.248. The first-order valence-electron chi connectivity index (χ1n) is 6.61. The smallest absolute Gasteiger partial charge is 0.308 e. The topological polar surface area (TPSA) is 83.8 Å². The summed E-state index contributed by atoms with van der Waals surface area (Å²) < 4.78 is 4.91. The number of carboxylic acids is 1. The first-order valence-corrected chi connectivity index (χ1v) is 6.61. The first-order chi connectivity index (χ1) is 8.56. The highest BCUT2D eigenvalue weighted by atomic mass is 16.5. The Kier molecular flexibility index (Phi) is 10.3. The van der Waals surface area contributed by atoms with E-state index in [1.165, 1.54) is 19.3 Å². The Morgan fingerprint density at radius 3 is 2.28 bits per heavy atom. The Bertz CT molecular complexity index is 240. The van der Waals surface area contributed by atoms with E-state index in [1.807, 2.05) is 0 Å². The second-order valence-electron chi connectivity index (χ2n) is 4.44. The van der Waals surface area contributed by atoms with E-state index in [-0.39, 0.29) is 6.42 Å². The number of aliphatic hydroxyl groups excluding tert-OH is 1. The van der Waals surface area contributed by atoms with Gasteiger partial charge in [0.1, 0.15) is 0 Å². The molecule has 0 radical (unpaired) electrons. The van der Waals surface area contributed by atoms with Crippen molar-refractivity contribution in [2.24, 2.45) is 0 Å². The predicted octanol–water partition coefficient (Wildman–Crippen LogP) is 2.12. The van der Waals surface area contributed by atoms with Crippen molar-refractivity contribution >= 4 is 11.9 Å². The number of ether oxygens (including phenoxy) is 1. The zero-order valence-electron chi connectivity index (χ0n) is 11.1. The zero-order valence-corrected chi connectivity index (χ0v) is 11.1. The van der Waals surface area contributed by atoms with Gasteiger partial charge in [0.25, 0.3) is 0 Å². The summed E-state index contributed by atoms with van der Waals surface area (Å²) in [5.41, 5.74) is 0. The minimum atomic E-state index is -1.15. The van der Waals surface area contributed by atoms with Gasteiger partial charge >= 0.3 is 11.9 Å². The number of aliphatic hydroxyl groups is 1. The van der Waals surface area contributed by atoms with Crippen molar-refractivity contribution in [2.45, 2.75) is 64.4 Å². The molecule has 0 aliphatic rings. The summed E-state index contributed by atoms with van der Waals surface area (Å²) in [7, 11) is 0. The molecule has 1 atom stereocenters. The largest absolute Gasteiger partial charge is 0.481 e. The molecule has 5 nitrogen and oxygen atoms in total. The fraction of sp³-hybridized carbons (Fsp3) is 0.846. The molecule has 0 spiro atoms. The molecule has 1 unspecified atom stereocenters. The molecule has 0 aromatic rings. The van der Waals surface area contributed by atoms with Crippen LogP contribution in [0.3, 0.4) is 0 Å². The Morgan fingerprint density at radius 2 is 1.67 bits per heavy atom. The molecule has 2 N–H and O–H groups in total. The highest BCUT2D eigenvalue weighted by molar-refractivity contribution is 5.72. The maximum absolute atomic E-state index is 11.2. The molecule has 0 saturated carbocycles. The van der Waals surface area contributed by atoms with Gasteiger partial charge in [-0.05, 0) is 6.42 Å². The van der Waals surface area contributed by atoms with Gasteiger partial charge in [-0.3, -0.25) is 9.59 Å². The highest BCUT2D eigenvalue weighted by Crippen LogP contribution is 2.06. The van der Waals surface area contributed by atoms with Crippen LogP contribution in [0.5, 0.6) is 0 Å². The van der Waals surface area contributed by atoms with Crippen LogP contribution < -0.4 is 0 Å². The Hall–Kier alpha value is -1.10. The van der Waals surface area contributed by atoms with Crippen molar-refractivity contribution < 1.29 is 24.5 Å². The molecular formula is C13H24O5. The third-order valence-corrected chi connectivity index (χ3v) is 2.57. The van der Waals surface area contributed by atoms with Crippen molar-refractivity contribution in [1.29, 1.82) is 0 Å². The average molecular weight is 260 g/mol. The molecule has 0 bridgehead atoms. The number of hydrogen-bond acceptors (Lipinski definition) is 4. The van der Waals surface area contributed by atoms with E-state index in [0.717, 1.165) is 19.3 Å². The van der Waals surface area contributed by atoms with E-state index in [2.05, 4.69) is 6.92 Å². The van der Waals surface area contributed by atoms with Gasteiger partial charge in [0.05, 0.1) is 25.6 Å². The lowest BCUT2D eigenvalue weighted by Gasteiger charge is -2.08. The first kappa shape index (κ1) is 16.9. The minimum Gasteiger partial charge on any atom is -0.481 e. The van der Waals surface area contributed by atoms with Crippen molar-refractivity contribution in [3.05, 3.63) is 0 Å². The average Bonchev–Trinajstić information content (AvgIpc) is 2.26. The molecule has 0 saturated heterocycles. The van der Waals surface area contributed by atoms with E-state index >= 15 is 0 Å². The van der Waals surface area contributed by atoms with E-state index < -0.39 is 24.5 Å². The molecule has 0 rings (SSSR count). The molecule has 0 aliphatic carbocycles. The van der Waals surface area contributed by atoms with Crippen molar-refractivity contribution in [3.8, 4) is 0 Å². The third kappa shape index (κ3) is 11.4. The van der Waals surface area contributed by atoms with Crippen LogP contribution in [0.25, 0.3) is 0 Å². The van der Waals surface area contributed by atoms with Crippen LogP contribution in [0.15, 0.2) is 0 Å². The maximum Gasteiger partial charge on any atom is 0.308 e. The quantitative estimate of drug-likeness (QED) is 0.439. The van der Waals surface area contributed by atoms with E-state index in [4.69, 9.17) is 9.84 Å². The number of carbonyl (C=O) groups is 2. The number of rotatable bonds is 11. The van der Waals surface area contributed by atoms with Gasteiger partial charge < -0.3 is 14.9 Å². The van der Waals surface area contributed by atoms with Crippen LogP contribution >= 0.6 is 0 Å². The Morgan fingerprint density at radius 1 is 1.06 bits per heavy atom. The van der Waals surface area contributed by atoms with Crippen molar-refractivity contribution in [3.63, 3.8) is 0 Å². The van der Waals surface area contributed by atoms with Gasteiger partial charge in [-0.25, -0.2) is 0 Å². The van der Waals surface area contributed by atoms with Crippen LogP contribution in [-0.2, 0) is 14.3 Å². The van der Waals surface area contributed by atoms with E-state index in [9.17, 15) is 14.7 Å². The fourth-order valence-corrected chi connectivity index (χ4v) is 1.59. The summed E-state index contributed by atoms with van der Waals surface area (Å²) in [5.74, 6) is -1.65. The third-order valence-electron chi connectivity index (χ3n) is 2.57. The normalized spacial score (nSPS) is 12.1. The van der Waals surface area contributed by atoms with Gasteiger partial charge in [-0.1, -0.05) is 39.0 Å². The molecule has 0 amide bonds. The molecule has 0 heterocycles. The number of carbonyl (C=O) groups excluding carboxylic acids is 1. The second-order valence-corrected chi connectivity index (χ2v) is 4.44. The summed E-state index contributed by atoms with van der Waals surface area (Å²) in [6.07, 6.45) is 4.83. The van der Waals surface area contributed by atoms with Gasteiger partial charge in [-0.15, -0.1) is 0 Å². The van der Waals surface area contributed by atoms with Crippen LogP contribution in [0, 0.1) is 0 Å². The summed E-state index contributed by atoms with van der Waals surface area (Å²) in [6, 6.07) is 0. The van der Waals surface area contributed by atoms with Crippen molar-refractivity contribution in [1.82, 2.24) is 0 Å². The predicted molar refractivity (Wildman–Crippen MR) is 67.2 cm³/mol. The van der Waals surface area contributed by atoms with Crippen LogP contribution in [0.4, 0.5) is 0 Å². The van der Waals surface area contributed by atoms with Gasteiger partial charge in [0.15, 0.2) is 0 Å². The number of aliphatic carboxylic acids is 1. The molecule has 0 aromatic carbocycles. The van der Waals surface area contributed by atoms with Crippen LogP contribution in [-0.4, -0.2) is 34.9 Å². The number of esters is 1. The number of unbranched alkanes of at least 4 members (excludes halogenated alkanes) is 5. The second kappa shape index (κ2) is 11.0. The molecule has 106 valence electrons. The molecule has 0 aliphatic heterocycles. The fourth-order valence-electron chi connectivity index (χ4n) is 1.59. The summed E-state index contributed by atoms with van der Waals surface area (Å²) in [4.78, 5) is 21.5. The zero-order chi connectivity index (χ0) is 13.8. The van der Waals surface area contributed by atoms with Gasteiger partial charge in [-0.2, -0.15) is 0 Å². The lowest BCUT2D eigenvalue weighted by atomic mass is 10.1.